The average Bonchev–Trinajstić information content (AvgIpc) is 2.60. The van der Waals surface area contributed by atoms with E-state index in [1.54, 1.807) is 6.07 Å². The molecule has 0 fully saturated rings. The van der Waals surface area contributed by atoms with Crippen LogP contribution in [0.5, 0.6) is 0 Å². The lowest BCUT2D eigenvalue weighted by Crippen LogP contribution is -2.00. The highest BCUT2D eigenvalue weighted by atomic mass is 16.5. The maximum absolute atomic E-state index is 11.2. The molecule has 4 nitrogen and oxygen atoms in total. The molecule has 14 heavy (non-hydrogen) atoms. The summed E-state index contributed by atoms with van der Waals surface area (Å²) in [5.74, 6) is 0.161. The van der Waals surface area contributed by atoms with Gasteiger partial charge in [0.1, 0.15) is 11.5 Å². The summed E-state index contributed by atoms with van der Waals surface area (Å²) < 4.78 is 4.57. The number of methoxy groups -OCH3 is 1. The molecule has 0 radical (unpaired) electrons. The number of rotatable bonds is 3. The number of nitrogens with one attached hydrogen (secondary N) is 1. The Hall–Kier alpha value is -1.84. The van der Waals surface area contributed by atoms with Gasteiger partial charge in [-0.05, 0) is 19.7 Å². The summed E-state index contributed by atoms with van der Waals surface area (Å²) in [4.78, 5) is 17.7. The van der Waals surface area contributed by atoms with Crippen LogP contribution in [0.25, 0.3) is 6.08 Å². The molecule has 0 unspecified atom stereocenters. The molecule has 76 valence electrons. The van der Waals surface area contributed by atoms with Crippen molar-refractivity contribution < 1.29 is 11.0 Å². The first-order chi connectivity index (χ1) is 6.72. The van der Waals surface area contributed by atoms with Crippen molar-refractivity contribution in [3.63, 3.8) is 0 Å². The maximum atomic E-state index is 11.2. The van der Waals surface area contributed by atoms with E-state index in [4.69, 9.17) is 0 Å². The monoisotopic (exact) mass is 194 g/mol. The number of aliphatic imine (C=N–C) groups is 1. The Bertz CT molecular complexity index is 383. The summed E-state index contributed by atoms with van der Waals surface area (Å²) in [6.07, 6.45) is 3.70. The maximum Gasteiger partial charge on any atom is 0.354 e. The van der Waals surface area contributed by atoms with Crippen LogP contribution in [0.1, 0.15) is 24.4 Å². The van der Waals surface area contributed by atoms with E-state index >= 15 is 0 Å². The minimum absolute atomic E-state index is 0. The quantitative estimate of drug-likeness (QED) is 0.593. The van der Waals surface area contributed by atoms with Crippen molar-refractivity contribution in [1.29, 1.82) is 0 Å². The Labute approximate surface area is 83.8 Å². The fraction of sp³-hybridized carbons (Fsp3) is 0.200. The summed E-state index contributed by atoms with van der Waals surface area (Å²) in [6, 6.07) is 1.68. The molecule has 1 aromatic heterocycles. The van der Waals surface area contributed by atoms with Crippen molar-refractivity contribution in [2.75, 3.05) is 7.11 Å². The number of ether oxygens (including phenoxy) is 1. The lowest BCUT2D eigenvalue weighted by Gasteiger charge is -1.92. The van der Waals surface area contributed by atoms with Gasteiger partial charge in [-0.1, -0.05) is 12.2 Å². The van der Waals surface area contributed by atoms with Crippen molar-refractivity contribution in [2.24, 2.45) is 4.99 Å². The van der Waals surface area contributed by atoms with Gasteiger partial charge in [-0.2, -0.15) is 0 Å². The second kappa shape index (κ2) is 4.41. The molecule has 0 saturated heterocycles. The van der Waals surface area contributed by atoms with E-state index in [-0.39, 0.29) is 1.43 Å². The zero-order valence-electron chi connectivity index (χ0n) is 8.20. The Morgan fingerprint density at radius 1 is 1.79 bits per heavy atom. The number of nitrogens with zero attached hydrogens (tertiary/aromatic N) is 1. The Morgan fingerprint density at radius 3 is 3.00 bits per heavy atom. The number of hydrogen-bond acceptors (Lipinski definition) is 3. The number of hydrogen-bond donors (Lipinski definition) is 1. The van der Waals surface area contributed by atoms with Gasteiger partial charge < -0.3 is 9.72 Å². The minimum Gasteiger partial charge on any atom is -0.464 e. The highest BCUT2D eigenvalue weighted by Gasteiger charge is 2.11. The van der Waals surface area contributed by atoms with E-state index in [0.29, 0.717) is 11.5 Å². The van der Waals surface area contributed by atoms with Crippen LogP contribution in [0.15, 0.2) is 17.1 Å². The van der Waals surface area contributed by atoms with Crippen molar-refractivity contribution in [1.82, 2.24) is 4.98 Å². The fourth-order valence-corrected chi connectivity index (χ4v) is 1.12. The highest BCUT2D eigenvalue weighted by molar-refractivity contribution is 5.89. The predicted octanol–water partition coefficient (Wildman–Crippen LogP) is 2.41. The van der Waals surface area contributed by atoms with Gasteiger partial charge in [0.2, 0.25) is 0 Å². The van der Waals surface area contributed by atoms with Crippen molar-refractivity contribution >= 4 is 24.6 Å². The van der Waals surface area contributed by atoms with Crippen molar-refractivity contribution in [2.45, 2.75) is 6.92 Å². The second-order valence-electron chi connectivity index (χ2n) is 2.64. The zero-order valence-corrected chi connectivity index (χ0v) is 8.20. The normalized spacial score (nSPS) is 10.4. The minimum atomic E-state index is -0.411. The summed E-state index contributed by atoms with van der Waals surface area (Å²) in [5, 5.41) is 0. The second-order valence-corrected chi connectivity index (χ2v) is 2.64. The van der Waals surface area contributed by atoms with Crippen molar-refractivity contribution in [3.05, 3.63) is 23.4 Å². The fourth-order valence-electron chi connectivity index (χ4n) is 1.12. The molecule has 0 aliphatic carbocycles. The van der Waals surface area contributed by atoms with Gasteiger partial charge in [0.25, 0.3) is 0 Å². The van der Waals surface area contributed by atoms with Crippen LogP contribution in [0.4, 0.5) is 5.82 Å². The Balaban J connectivity index is 0.00000196. The van der Waals surface area contributed by atoms with E-state index in [1.165, 1.54) is 7.11 Å². The molecule has 0 aliphatic heterocycles. The van der Waals surface area contributed by atoms with Gasteiger partial charge in [0, 0.05) is 6.99 Å². The molecule has 0 saturated carbocycles. The number of H-pyrrole nitrogens is 1. The molecule has 1 N–H and O–H groups in total. The smallest absolute Gasteiger partial charge is 0.354 e. The zero-order chi connectivity index (χ0) is 10.6. The molecule has 0 atom stereocenters. The van der Waals surface area contributed by atoms with Crippen LogP contribution in [0.2, 0.25) is 0 Å². The van der Waals surface area contributed by atoms with Crippen LogP contribution in [0.3, 0.4) is 0 Å². The summed E-state index contributed by atoms with van der Waals surface area (Å²) >= 11 is 0. The van der Waals surface area contributed by atoms with Gasteiger partial charge in [-0.15, -0.1) is 0 Å². The molecular weight excluding hydrogens is 180 g/mol. The van der Waals surface area contributed by atoms with Gasteiger partial charge in [0.15, 0.2) is 0 Å². The number of aromatic amines is 1. The highest BCUT2D eigenvalue weighted by Crippen LogP contribution is 2.20. The standard InChI is InChI=1S/C10H12N2O2.H2/c1-4-5-7-6-8(10(13)14-3)12-9(7)11-2;/h4-6,12H,2H2,1,3H3;1H/b5-4-;. The van der Waals surface area contributed by atoms with E-state index in [1.807, 2.05) is 19.1 Å². The number of carbonyl (C=O) groups excluding carboxylic acids is 1. The van der Waals surface area contributed by atoms with E-state index in [9.17, 15) is 4.79 Å². The molecule has 0 amide bonds. The van der Waals surface area contributed by atoms with E-state index in [2.05, 4.69) is 21.4 Å². The average molecular weight is 194 g/mol. The lowest BCUT2D eigenvalue weighted by atomic mass is 10.2. The molecule has 0 aromatic carbocycles. The van der Waals surface area contributed by atoms with Crippen LogP contribution < -0.4 is 0 Å². The molecule has 1 heterocycles. The number of esters is 1. The summed E-state index contributed by atoms with van der Waals surface area (Å²) in [7, 11) is 1.33. The summed E-state index contributed by atoms with van der Waals surface area (Å²) in [5.41, 5.74) is 1.20. The largest absolute Gasteiger partial charge is 0.464 e. The Kier molecular flexibility index (Phi) is 3.23. The van der Waals surface area contributed by atoms with Crippen LogP contribution in [0, 0.1) is 0 Å². The first kappa shape index (κ1) is 10.2. The van der Waals surface area contributed by atoms with Crippen LogP contribution in [-0.4, -0.2) is 24.8 Å². The molecule has 0 bridgehead atoms. The molecular formula is C10H14N2O2. The van der Waals surface area contributed by atoms with Crippen LogP contribution in [-0.2, 0) is 4.74 Å². The van der Waals surface area contributed by atoms with Crippen molar-refractivity contribution in [3.8, 4) is 0 Å². The SMILES string of the molecule is C=Nc1[nH]c(C(=O)OC)cc1/C=C\C.[HH]. The van der Waals surface area contributed by atoms with Gasteiger partial charge in [-0.3, -0.25) is 0 Å². The lowest BCUT2D eigenvalue weighted by molar-refractivity contribution is 0.0595. The number of carbonyl (C=O) groups is 1. The predicted molar refractivity (Wildman–Crippen MR) is 58.2 cm³/mol. The topological polar surface area (TPSA) is 54.5 Å². The summed E-state index contributed by atoms with van der Waals surface area (Å²) in [6.45, 7) is 5.29. The molecule has 1 aromatic rings. The van der Waals surface area contributed by atoms with E-state index < -0.39 is 5.97 Å². The number of allylic oxidation sites excluding steroid dienone is 1. The van der Waals surface area contributed by atoms with Gasteiger partial charge in [0.05, 0.1) is 7.11 Å². The third-order valence-electron chi connectivity index (χ3n) is 1.74. The molecule has 0 aliphatic rings. The third kappa shape index (κ3) is 1.90. The van der Waals surface area contributed by atoms with Gasteiger partial charge in [-0.25, -0.2) is 9.79 Å². The molecule has 0 spiro atoms. The number of aromatic nitrogens is 1. The molecule has 1 rings (SSSR count). The van der Waals surface area contributed by atoms with E-state index in [0.717, 1.165) is 5.56 Å². The third-order valence-corrected chi connectivity index (χ3v) is 1.74. The first-order valence-corrected chi connectivity index (χ1v) is 4.13. The Morgan fingerprint density at radius 2 is 2.50 bits per heavy atom. The molecule has 4 heteroatoms. The first-order valence-electron chi connectivity index (χ1n) is 4.13. The van der Waals surface area contributed by atoms with Gasteiger partial charge >= 0.3 is 5.97 Å². The van der Waals surface area contributed by atoms with Crippen LogP contribution >= 0.6 is 0 Å².